The van der Waals surface area contributed by atoms with Gasteiger partial charge in [0.25, 0.3) is 0 Å². The number of ether oxygens (including phenoxy) is 1. The van der Waals surface area contributed by atoms with Gasteiger partial charge in [-0.1, -0.05) is 12.1 Å². The standard InChI is InChI=1S/C15H16FN7O2/c1-11(23-10-18-20-21-23)15(25-12(2)24,7-22-9-17-8-19-22)13-3-5-14(16)6-4-13/h3-6,8-11H,7H2,1-2H3/t11-,15-/m1/s1. The number of halogens is 1. The van der Waals surface area contributed by atoms with Crippen molar-refractivity contribution < 1.29 is 13.9 Å². The number of carbonyl (C=O) groups is 1. The molecule has 0 N–H and O–H groups in total. The predicted molar refractivity (Wildman–Crippen MR) is 82.4 cm³/mol. The van der Waals surface area contributed by atoms with E-state index in [1.54, 1.807) is 19.1 Å². The van der Waals surface area contributed by atoms with Crippen LogP contribution in [0.3, 0.4) is 0 Å². The van der Waals surface area contributed by atoms with Crippen molar-refractivity contribution in [3.8, 4) is 0 Å². The second kappa shape index (κ2) is 6.75. The summed E-state index contributed by atoms with van der Waals surface area (Å²) in [6.07, 6.45) is 4.31. The summed E-state index contributed by atoms with van der Waals surface area (Å²) in [5.74, 6) is -0.888. The van der Waals surface area contributed by atoms with Crippen LogP contribution in [0.15, 0.2) is 43.2 Å². The zero-order valence-electron chi connectivity index (χ0n) is 13.7. The van der Waals surface area contributed by atoms with E-state index in [0.717, 1.165) is 0 Å². The number of hydrogen-bond acceptors (Lipinski definition) is 7. The molecule has 0 aliphatic rings. The van der Waals surface area contributed by atoms with Crippen LogP contribution in [0.1, 0.15) is 25.5 Å². The van der Waals surface area contributed by atoms with Crippen molar-refractivity contribution in [2.24, 2.45) is 0 Å². The van der Waals surface area contributed by atoms with Crippen molar-refractivity contribution in [3.05, 3.63) is 54.6 Å². The maximum Gasteiger partial charge on any atom is 0.303 e. The number of hydrogen-bond donors (Lipinski definition) is 0. The minimum absolute atomic E-state index is 0.152. The van der Waals surface area contributed by atoms with Crippen LogP contribution in [0.2, 0.25) is 0 Å². The average Bonchev–Trinajstić information content (AvgIpc) is 3.27. The number of carbonyl (C=O) groups excluding carboxylic acids is 1. The lowest BCUT2D eigenvalue weighted by Gasteiger charge is -2.38. The Morgan fingerprint density at radius 2 is 2.08 bits per heavy atom. The largest absolute Gasteiger partial charge is 0.450 e. The Morgan fingerprint density at radius 1 is 1.32 bits per heavy atom. The first kappa shape index (κ1) is 16.7. The molecule has 2 aromatic heterocycles. The van der Waals surface area contributed by atoms with Gasteiger partial charge in [0.2, 0.25) is 0 Å². The van der Waals surface area contributed by atoms with Gasteiger partial charge in [-0.15, -0.1) is 5.10 Å². The highest BCUT2D eigenvalue weighted by Crippen LogP contribution is 2.38. The predicted octanol–water partition coefficient (Wildman–Crippen LogP) is 1.12. The van der Waals surface area contributed by atoms with Crippen LogP contribution in [0, 0.1) is 5.82 Å². The highest BCUT2D eigenvalue weighted by molar-refractivity contribution is 5.67. The quantitative estimate of drug-likeness (QED) is 0.617. The second-order valence-corrected chi connectivity index (χ2v) is 5.55. The first-order valence-electron chi connectivity index (χ1n) is 7.52. The van der Waals surface area contributed by atoms with Crippen LogP contribution in [0.25, 0.3) is 0 Å². The molecule has 0 amide bonds. The van der Waals surface area contributed by atoms with Gasteiger partial charge in [-0.05, 0) is 35.0 Å². The maximum atomic E-state index is 13.4. The van der Waals surface area contributed by atoms with Gasteiger partial charge >= 0.3 is 5.97 Å². The molecule has 2 atom stereocenters. The maximum absolute atomic E-state index is 13.4. The van der Waals surface area contributed by atoms with Crippen LogP contribution in [-0.4, -0.2) is 40.9 Å². The molecule has 9 nitrogen and oxygen atoms in total. The Bertz CT molecular complexity index is 820. The fourth-order valence-corrected chi connectivity index (χ4v) is 2.74. The zero-order chi connectivity index (χ0) is 17.9. The van der Waals surface area contributed by atoms with Gasteiger partial charge in [0, 0.05) is 6.92 Å². The molecule has 0 unspecified atom stereocenters. The molecule has 0 bridgehead atoms. The van der Waals surface area contributed by atoms with Gasteiger partial charge in [0.15, 0.2) is 5.60 Å². The molecule has 2 heterocycles. The highest BCUT2D eigenvalue weighted by atomic mass is 19.1. The number of rotatable bonds is 6. The summed E-state index contributed by atoms with van der Waals surface area (Å²) in [6.45, 7) is 3.27. The van der Waals surface area contributed by atoms with Gasteiger partial charge in [0.1, 0.15) is 24.8 Å². The first-order chi connectivity index (χ1) is 12.0. The molecular formula is C15H16FN7O2. The summed E-state index contributed by atoms with van der Waals surface area (Å²) in [5.41, 5.74) is -0.634. The Balaban J connectivity index is 2.14. The molecule has 25 heavy (non-hydrogen) atoms. The number of esters is 1. The van der Waals surface area contributed by atoms with E-state index in [2.05, 4.69) is 25.6 Å². The van der Waals surface area contributed by atoms with Gasteiger partial charge in [0.05, 0.1) is 12.6 Å². The minimum atomic E-state index is -1.22. The zero-order valence-corrected chi connectivity index (χ0v) is 13.7. The van der Waals surface area contributed by atoms with Crippen LogP contribution in [0.5, 0.6) is 0 Å². The smallest absolute Gasteiger partial charge is 0.303 e. The molecule has 0 saturated carbocycles. The van der Waals surface area contributed by atoms with Crippen molar-refractivity contribution in [2.75, 3.05) is 0 Å². The molecule has 1 aromatic carbocycles. The lowest BCUT2D eigenvalue weighted by molar-refractivity contribution is -0.167. The highest BCUT2D eigenvalue weighted by Gasteiger charge is 2.44. The van der Waals surface area contributed by atoms with E-state index in [-0.39, 0.29) is 6.54 Å². The van der Waals surface area contributed by atoms with E-state index in [0.29, 0.717) is 5.56 Å². The van der Waals surface area contributed by atoms with Crippen molar-refractivity contribution in [2.45, 2.75) is 32.0 Å². The topological polar surface area (TPSA) is 101 Å². The normalized spacial score (nSPS) is 14.7. The van der Waals surface area contributed by atoms with E-state index in [1.807, 2.05) is 0 Å². The number of aromatic nitrogens is 7. The number of benzene rings is 1. The lowest BCUT2D eigenvalue weighted by atomic mass is 9.86. The third kappa shape index (κ3) is 3.37. The number of tetrazole rings is 1. The lowest BCUT2D eigenvalue weighted by Crippen LogP contribution is -2.44. The molecule has 0 fully saturated rings. The van der Waals surface area contributed by atoms with E-state index in [1.165, 1.54) is 47.4 Å². The summed E-state index contributed by atoms with van der Waals surface area (Å²) < 4.78 is 22.2. The number of nitrogens with zero attached hydrogens (tertiary/aromatic N) is 7. The van der Waals surface area contributed by atoms with Crippen molar-refractivity contribution in [1.29, 1.82) is 0 Å². The monoisotopic (exact) mass is 345 g/mol. The van der Waals surface area contributed by atoms with Crippen LogP contribution >= 0.6 is 0 Å². The van der Waals surface area contributed by atoms with Gasteiger partial charge in [-0.3, -0.25) is 4.79 Å². The van der Waals surface area contributed by atoms with Crippen LogP contribution in [0.4, 0.5) is 4.39 Å². The Hall–Kier alpha value is -3.17. The molecule has 3 aromatic rings. The molecular weight excluding hydrogens is 329 g/mol. The van der Waals surface area contributed by atoms with E-state index in [9.17, 15) is 9.18 Å². The third-order valence-electron chi connectivity index (χ3n) is 3.96. The molecule has 10 heteroatoms. The summed E-state index contributed by atoms with van der Waals surface area (Å²) in [7, 11) is 0. The average molecular weight is 345 g/mol. The molecule has 0 spiro atoms. The molecule has 0 aliphatic heterocycles. The minimum Gasteiger partial charge on any atom is -0.450 e. The molecule has 0 saturated heterocycles. The van der Waals surface area contributed by atoms with Crippen LogP contribution in [-0.2, 0) is 21.7 Å². The second-order valence-electron chi connectivity index (χ2n) is 5.55. The summed E-state index contributed by atoms with van der Waals surface area (Å²) in [6, 6.07) is 5.25. The van der Waals surface area contributed by atoms with E-state index < -0.39 is 23.4 Å². The van der Waals surface area contributed by atoms with Gasteiger partial charge in [-0.25, -0.2) is 18.7 Å². The Morgan fingerprint density at radius 3 is 2.64 bits per heavy atom. The van der Waals surface area contributed by atoms with Gasteiger partial charge < -0.3 is 4.74 Å². The molecule has 0 aliphatic carbocycles. The Kier molecular flexibility index (Phi) is 4.50. The Labute approximate surface area is 142 Å². The third-order valence-corrected chi connectivity index (χ3v) is 3.96. The molecule has 3 rings (SSSR count). The first-order valence-corrected chi connectivity index (χ1v) is 7.52. The molecule has 130 valence electrons. The van der Waals surface area contributed by atoms with Crippen LogP contribution < -0.4 is 0 Å². The fraction of sp³-hybridized carbons (Fsp3) is 0.333. The SMILES string of the molecule is CC(=O)O[C@@](Cn1cncn1)(c1ccc(F)cc1)[C@@H](C)n1cnnn1. The summed E-state index contributed by atoms with van der Waals surface area (Å²) in [5, 5.41) is 15.3. The summed E-state index contributed by atoms with van der Waals surface area (Å²) >= 11 is 0. The van der Waals surface area contributed by atoms with Crippen molar-refractivity contribution >= 4 is 5.97 Å². The van der Waals surface area contributed by atoms with Gasteiger partial charge in [-0.2, -0.15) is 5.10 Å². The van der Waals surface area contributed by atoms with Crippen molar-refractivity contribution in [1.82, 2.24) is 35.0 Å². The fourth-order valence-electron chi connectivity index (χ4n) is 2.74. The van der Waals surface area contributed by atoms with E-state index in [4.69, 9.17) is 4.74 Å². The van der Waals surface area contributed by atoms with Crippen molar-refractivity contribution in [3.63, 3.8) is 0 Å². The van der Waals surface area contributed by atoms with E-state index >= 15 is 0 Å². The molecule has 0 radical (unpaired) electrons. The summed E-state index contributed by atoms with van der Waals surface area (Å²) in [4.78, 5) is 15.8.